The number of thiocarbonyl (C=S) groups is 1. The van der Waals surface area contributed by atoms with E-state index in [2.05, 4.69) is 26.2 Å². The Labute approximate surface area is 136 Å². The van der Waals surface area contributed by atoms with E-state index in [1.807, 2.05) is 48.5 Å². The van der Waals surface area contributed by atoms with Crippen LogP contribution in [-0.2, 0) is 0 Å². The number of benzene rings is 2. The number of nitrogens with two attached hydrogens (primary N) is 1. The Morgan fingerprint density at radius 2 is 1.86 bits per heavy atom. The number of nitrogens with one attached hydrogen (secondary N) is 1. The van der Waals surface area contributed by atoms with Crippen LogP contribution in [0.2, 0.25) is 0 Å². The average Bonchev–Trinajstić information content (AvgIpc) is 2.47. The number of para-hydroxylation sites is 2. The number of hydrogen-bond acceptors (Lipinski definition) is 3. The van der Waals surface area contributed by atoms with Crippen LogP contribution in [0, 0.1) is 0 Å². The molecule has 0 unspecified atom stereocenters. The highest BCUT2D eigenvalue weighted by Crippen LogP contribution is 2.28. The lowest BCUT2D eigenvalue weighted by Crippen LogP contribution is -2.11. The van der Waals surface area contributed by atoms with Gasteiger partial charge in [0.25, 0.3) is 0 Å². The van der Waals surface area contributed by atoms with Crippen molar-refractivity contribution in [2.45, 2.75) is 0 Å². The maximum absolute atomic E-state index is 5.77. The van der Waals surface area contributed by atoms with E-state index < -0.39 is 0 Å². The molecule has 0 saturated carbocycles. The van der Waals surface area contributed by atoms with Crippen LogP contribution < -0.4 is 11.1 Å². The van der Waals surface area contributed by atoms with Crippen LogP contribution in [0.3, 0.4) is 0 Å². The first-order valence-corrected chi connectivity index (χ1v) is 7.55. The zero-order chi connectivity index (χ0) is 14.8. The van der Waals surface area contributed by atoms with Crippen molar-refractivity contribution in [2.75, 3.05) is 5.32 Å². The smallest absolute Gasteiger partial charge is 0.106 e. The third kappa shape index (κ3) is 2.89. The van der Waals surface area contributed by atoms with Crippen LogP contribution in [0.5, 0.6) is 0 Å². The highest BCUT2D eigenvalue weighted by atomic mass is 79.9. The molecule has 1 aromatic heterocycles. The van der Waals surface area contributed by atoms with Crippen molar-refractivity contribution >= 4 is 55.4 Å². The largest absolute Gasteiger partial charge is 0.389 e. The molecule has 21 heavy (non-hydrogen) atoms. The van der Waals surface area contributed by atoms with Gasteiger partial charge in [-0.3, -0.25) is 4.98 Å². The van der Waals surface area contributed by atoms with Gasteiger partial charge >= 0.3 is 0 Å². The molecule has 0 atom stereocenters. The number of anilines is 2. The normalized spacial score (nSPS) is 10.5. The molecule has 3 N–H and O–H groups in total. The van der Waals surface area contributed by atoms with Crippen molar-refractivity contribution in [3.05, 3.63) is 64.8 Å². The van der Waals surface area contributed by atoms with Crippen LogP contribution in [0.25, 0.3) is 10.9 Å². The highest BCUT2D eigenvalue weighted by molar-refractivity contribution is 9.10. The number of aromatic nitrogens is 1. The number of pyridine rings is 1. The maximum atomic E-state index is 5.77. The molecule has 0 aliphatic heterocycles. The van der Waals surface area contributed by atoms with Gasteiger partial charge in [0.1, 0.15) is 4.99 Å². The van der Waals surface area contributed by atoms with E-state index in [1.54, 1.807) is 6.20 Å². The molecule has 104 valence electrons. The molecule has 3 rings (SSSR count). The van der Waals surface area contributed by atoms with E-state index in [0.29, 0.717) is 4.99 Å². The molecule has 3 aromatic rings. The summed E-state index contributed by atoms with van der Waals surface area (Å²) in [5.41, 5.74) is 9.29. The molecular weight excluding hydrogens is 346 g/mol. The SMILES string of the molecule is NC(=S)c1ccccc1Nc1cccc2cc(Br)cnc12. The Morgan fingerprint density at radius 3 is 2.67 bits per heavy atom. The predicted molar refractivity (Wildman–Crippen MR) is 95.1 cm³/mol. The number of halogens is 1. The summed E-state index contributed by atoms with van der Waals surface area (Å²) in [6.45, 7) is 0. The lowest BCUT2D eigenvalue weighted by Gasteiger charge is -2.12. The fourth-order valence-corrected chi connectivity index (χ4v) is 2.71. The molecule has 2 aromatic carbocycles. The lowest BCUT2D eigenvalue weighted by molar-refractivity contribution is 1.38. The first-order valence-electron chi connectivity index (χ1n) is 6.35. The van der Waals surface area contributed by atoms with Crippen molar-refractivity contribution in [3.63, 3.8) is 0 Å². The lowest BCUT2D eigenvalue weighted by atomic mass is 10.1. The van der Waals surface area contributed by atoms with E-state index in [4.69, 9.17) is 18.0 Å². The molecule has 0 spiro atoms. The monoisotopic (exact) mass is 357 g/mol. The number of hydrogen-bond donors (Lipinski definition) is 2. The summed E-state index contributed by atoms with van der Waals surface area (Å²) < 4.78 is 0.954. The first-order chi connectivity index (χ1) is 10.1. The highest BCUT2D eigenvalue weighted by Gasteiger charge is 2.07. The van der Waals surface area contributed by atoms with Gasteiger partial charge in [-0.05, 0) is 40.2 Å². The van der Waals surface area contributed by atoms with Crippen molar-refractivity contribution in [1.29, 1.82) is 0 Å². The Bertz CT molecular complexity index is 833. The molecule has 0 bridgehead atoms. The van der Waals surface area contributed by atoms with E-state index in [0.717, 1.165) is 32.3 Å². The summed E-state index contributed by atoms with van der Waals surface area (Å²) in [4.78, 5) is 4.85. The second-order valence-corrected chi connectivity index (χ2v) is 5.92. The van der Waals surface area contributed by atoms with Crippen molar-refractivity contribution in [1.82, 2.24) is 4.98 Å². The van der Waals surface area contributed by atoms with Crippen LogP contribution in [0.4, 0.5) is 11.4 Å². The summed E-state index contributed by atoms with van der Waals surface area (Å²) >= 11 is 8.53. The average molecular weight is 358 g/mol. The summed E-state index contributed by atoms with van der Waals surface area (Å²) in [5, 5.41) is 4.43. The maximum Gasteiger partial charge on any atom is 0.106 e. The van der Waals surface area contributed by atoms with Gasteiger partial charge in [0.15, 0.2) is 0 Å². The molecule has 0 fully saturated rings. The van der Waals surface area contributed by atoms with E-state index >= 15 is 0 Å². The molecule has 0 aliphatic carbocycles. The van der Waals surface area contributed by atoms with E-state index in [1.165, 1.54) is 0 Å². The van der Waals surface area contributed by atoms with Crippen LogP contribution in [-0.4, -0.2) is 9.97 Å². The van der Waals surface area contributed by atoms with Gasteiger partial charge in [0.05, 0.1) is 11.2 Å². The quantitative estimate of drug-likeness (QED) is 0.683. The molecule has 0 amide bonds. The van der Waals surface area contributed by atoms with Gasteiger partial charge in [-0.2, -0.15) is 0 Å². The zero-order valence-corrected chi connectivity index (χ0v) is 13.4. The second kappa shape index (κ2) is 5.79. The van der Waals surface area contributed by atoms with E-state index in [9.17, 15) is 0 Å². The van der Waals surface area contributed by atoms with Crippen molar-refractivity contribution in [2.24, 2.45) is 5.73 Å². The Balaban J connectivity index is 2.09. The molecule has 1 heterocycles. The fourth-order valence-electron chi connectivity index (χ4n) is 2.19. The standard InChI is InChI=1S/C16H12BrN3S/c17-11-8-10-4-3-7-14(15(10)19-9-11)20-13-6-2-1-5-12(13)16(18)21/h1-9,20H,(H2,18,21). The predicted octanol–water partition coefficient (Wildman–Crippen LogP) is 4.38. The van der Waals surface area contributed by atoms with Gasteiger partial charge in [-0.1, -0.05) is 36.5 Å². The number of fused-ring (bicyclic) bond motifs is 1. The van der Waals surface area contributed by atoms with Gasteiger partial charge in [-0.25, -0.2) is 0 Å². The van der Waals surface area contributed by atoms with E-state index in [-0.39, 0.29) is 0 Å². The van der Waals surface area contributed by atoms with Gasteiger partial charge in [-0.15, -0.1) is 0 Å². The first kappa shape index (κ1) is 14.0. The fraction of sp³-hybridized carbons (Fsp3) is 0. The van der Waals surface area contributed by atoms with Crippen molar-refractivity contribution < 1.29 is 0 Å². The van der Waals surface area contributed by atoms with Crippen LogP contribution in [0.1, 0.15) is 5.56 Å². The van der Waals surface area contributed by atoms with Crippen molar-refractivity contribution in [3.8, 4) is 0 Å². The molecule has 0 saturated heterocycles. The minimum Gasteiger partial charge on any atom is -0.389 e. The second-order valence-electron chi connectivity index (χ2n) is 4.57. The minimum absolute atomic E-state index is 0.369. The van der Waals surface area contributed by atoms with Crippen LogP contribution in [0.15, 0.2) is 59.2 Å². The number of nitrogens with zero attached hydrogens (tertiary/aromatic N) is 1. The molecule has 3 nitrogen and oxygen atoms in total. The zero-order valence-electron chi connectivity index (χ0n) is 11.0. The topological polar surface area (TPSA) is 50.9 Å². The third-order valence-corrected chi connectivity index (χ3v) is 3.79. The van der Waals surface area contributed by atoms with Crippen LogP contribution >= 0.6 is 28.1 Å². The summed E-state index contributed by atoms with van der Waals surface area (Å²) in [7, 11) is 0. The Kier molecular flexibility index (Phi) is 3.86. The summed E-state index contributed by atoms with van der Waals surface area (Å²) in [6, 6.07) is 15.7. The Morgan fingerprint density at radius 1 is 1.10 bits per heavy atom. The summed E-state index contributed by atoms with van der Waals surface area (Å²) in [6.07, 6.45) is 1.78. The molecular formula is C16H12BrN3S. The summed E-state index contributed by atoms with van der Waals surface area (Å²) in [5.74, 6) is 0. The minimum atomic E-state index is 0.369. The van der Waals surface area contributed by atoms with Gasteiger partial charge in [0.2, 0.25) is 0 Å². The number of rotatable bonds is 3. The van der Waals surface area contributed by atoms with Gasteiger partial charge < -0.3 is 11.1 Å². The van der Waals surface area contributed by atoms with Gasteiger partial charge in [0, 0.05) is 27.3 Å². The Hall–Kier alpha value is -1.98. The third-order valence-electron chi connectivity index (χ3n) is 3.14. The molecule has 0 radical (unpaired) electrons. The molecule has 0 aliphatic rings. The molecule has 5 heteroatoms.